The Balaban J connectivity index is 1.96. The monoisotopic (exact) mass is 357 g/mol. The molecule has 0 amide bonds. The highest BCUT2D eigenvalue weighted by atomic mass is 32.1. The minimum absolute atomic E-state index is 0.0125. The Labute approximate surface area is 142 Å². The molecule has 0 saturated heterocycles. The molecule has 0 aliphatic heterocycles. The van der Waals surface area contributed by atoms with E-state index in [-0.39, 0.29) is 16.9 Å². The Hall–Kier alpha value is -3.27. The number of hydrogen-bond acceptors (Lipinski definition) is 6. The van der Waals surface area contributed by atoms with Gasteiger partial charge in [-0.15, -0.1) is 0 Å². The summed E-state index contributed by atoms with van der Waals surface area (Å²) in [4.78, 5) is 39.8. The van der Waals surface area contributed by atoms with Gasteiger partial charge in [-0.1, -0.05) is 11.3 Å². The summed E-state index contributed by atoms with van der Waals surface area (Å²) in [5.74, 6) is 0. The molecule has 0 spiro atoms. The Morgan fingerprint density at radius 1 is 1.16 bits per heavy atom. The Morgan fingerprint density at radius 3 is 2.48 bits per heavy atom. The minimum Gasteiger partial charge on any atom is -0.279 e. The number of benzene rings is 1. The second-order valence-corrected chi connectivity index (χ2v) is 6.55. The molecule has 0 bridgehead atoms. The van der Waals surface area contributed by atoms with Crippen LogP contribution in [0.25, 0.3) is 22.3 Å². The molecular formula is C15H11N5O4S. The van der Waals surface area contributed by atoms with Crippen molar-refractivity contribution in [3.63, 3.8) is 0 Å². The van der Waals surface area contributed by atoms with Crippen LogP contribution in [-0.2, 0) is 14.1 Å². The van der Waals surface area contributed by atoms with Crippen LogP contribution in [0, 0.1) is 10.1 Å². The molecule has 3 aromatic heterocycles. The molecule has 0 radical (unpaired) electrons. The molecule has 0 unspecified atom stereocenters. The minimum atomic E-state index is -0.478. The zero-order valence-electron chi connectivity index (χ0n) is 13.2. The summed E-state index contributed by atoms with van der Waals surface area (Å²) in [6.45, 7) is 0. The first kappa shape index (κ1) is 15.3. The van der Waals surface area contributed by atoms with Gasteiger partial charge in [-0.2, -0.15) is 4.98 Å². The zero-order chi connectivity index (χ0) is 17.9. The van der Waals surface area contributed by atoms with Crippen LogP contribution in [0.15, 0.2) is 33.9 Å². The van der Waals surface area contributed by atoms with Gasteiger partial charge < -0.3 is 0 Å². The lowest BCUT2D eigenvalue weighted by Crippen LogP contribution is -2.25. The van der Waals surface area contributed by atoms with Crippen LogP contribution in [0.5, 0.6) is 0 Å². The van der Waals surface area contributed by atoms with Crippen molar-refractivity contribution in [2.75, 3.05) is 0 Å². The fraction of sp³-hybridized carbons (Fsp3) is 0.133. The fourth-order valence-corrected chi connectivity index (χ4v) is 3.71. The third-order valence-electron chi connectivity index (χ3n) is 4.03. The maximum absolute atomic E-state index is 12.7. The van der Waals surface area contributed by atoms with Gasteiger partial charge in [-0.25, -0.2) is 9.20 Å². The summed E-state index contributed by atoms with van der Waals surface area (Å²) < 4.78 is 4.64. The number of aryl methyl sites for hydroxylation is 2. The number of aromatic nitrogens is 4. The first-order valence-corrected chi connectivity index (χ1v) is 8.03. The number of hydrogen-bond donors (Lipinski definition) is 0. The Kier molecular flexibility index (Phi) is 3.12. The van der Waals surface area contributed by atoms with Crippen LogP contribution in [0.1, 0.15) is 5.56 Å². The number of rotatable bonds is 2. The molecule has 0 aliphatic carbocycles. The van der Waals surface area contributed by atoms with Crippen molar-refractivity contribution in [3.8, 4) is 0 Å². The number of imidazole rings is 2. The highest BCUT2D eigenvalue weighted by Crippen LogP contribution is 2.15. The first-order chi connectivity index (χ1) is 11.9. The zero-order valence-corrected chi connectivity index (χ0v) is 14.0. The standard InChI is InChI=1S/C15H11N5O4S/c1-17-11-12(18(2)15(17)22)19-13(21)10(25-14(19)16-11)7-8-3-5-9(6-4-8)20(23)24/h3-7H,1-2H3. The Bertz CT molecular complexity index is 1320. The molecule has 25 heavy (non-hydrogen) atoms. The molecule has 4 aromatic rings. The van der Waals surface area contributed by atoms with Crippen LogP contribution in [0.2, 0.25) is 0 Å². The number of nitro groups is 1. The van der Waals surface area contributed by atoms with E-state index in [2.05, 4.69) is 4.98 Å². The largest absolute Gasteiger partial charge is 0.330 e. The molecule has 0 aliphatic rings. The molecule has 10 heteroatoms. The van der Waals surface area contributed by atoms with Crippen LogP contribution in [0.3, 0.4) is 0 Å². The van der Waals surface area contributed by atoms with E-state index in [1.165, 1.54) is 37.0 Å². The normalized spacial score (nSPS) is 12.5. The lowest BCUT2D eigenvalue weighted by molar-refractivity contribution is -0.384. The summed E-state index contributed by atoms with van der Waals surface area (Å²) >= 11 is 1.20. The summed E-state index contributed by atoms with van der Waals surface area (Å²) in [5.41, 5.74) is 1.04. The van der Waals surface area contributed by atoms with E-state index in [1.807, 2.05) is 0 Å². The first-order valence-electron chi connectivity index (χ1n) is 7.21. The number of thiazole rings is 1. The van der Waals surface area contributed by atoms with Gasteiger partial charge in [-0.05, 0) is 23.8 Å². The van der Waals surface area contributed by atoms with Crippen molar-refractivity contribution in [2.24, 2.45) is 14.1 Å². The average molecular weight is 357 g/mol. The summed E-state index contributed by atoms with van der Waals surface area (Å²) in [5, 5.41) is 10.7. The summed E-state index contributed by atoms with van der Waals surface area (Å²) in [6, 6.07) is 5.92. The molecule has 3 heterocycles. The van der Waals surface area contributed by atoms with Crippen LogP contribution >= 0.6 is 11.3 Å². The van der Waals surface area contributed by atoms with Gasteiger partial charge in [0.25, 0.3) is 11.2 Å². The predicted octanol–water partition coefficient (Wildman–Crippen LogP) is 0.402. The van der Waals surface area contributed by atoms with Crippen molar-refractivity contribution >= 4 is 39.4 Å². The lowest BCUT2D eigenvalue weighted by Gasteiger charge is -1.92. The maximum Gasteiger partial charge on any atom is 0.330 e. The number of nitro benzene ring substituents is 1. The van der Waals surface area contributed by atoms with Gasteiger partial charge in [0.2, 0.25) is 4.96 Å². The SMILES string of the molecule is Cn1c(=O)n(C)c2c1nc1sc(=Cc3ccc([N+](=O)[O-])cc3)c(=O)n12. The van der Waals surface area contributed by atoms with Gasteiger partial charge in [0.1, 0.15) is 0 Å². The van der Waals surface area contributed by atoms with E-state index in [9.17, 15) is 19.7 Å². The van der Waals surface area contributed by atoms with Crippen molar-refractivity contribution in [2.45, 2.75) is 0 Å². The molecule has 1 aromatic carbocycles. The highest BCUT2D eigenvalue weighted by Gasteiger charge is 2.18. The number of nitrogens with zero attached hydrogens (tertiary/aromatic N) is 5. The van der Waals surface area contributed by atoms with Crippen molar-refractivity contribution in [1.82, 2.24) is 18.5 Å². The second-order valence-electron chi connectivity index (χ2n) is 5.54. The highest BCUT2D eigenvalue weighted by molar-refractivity contribution is 7.15. The van der Waals surface area contributed by atoms with Crippen LogP contribution < -0.4 is 15.8 Å². The van der Waals surface area contributed by atoms with Crippen LogP contribution in [0.4, 0.5) is 5.69 Å². The third kappa shape index (κ3) is 2.11. The third-order valence-corrected chi connectivity index (χ3v) is 5.00. The molecular weight excluding hydrogens is 346 g/mol. The lowest BCUT2D eigenvalue weighted by atomic mass is 10.2. The smallest absolute Gasteiger partial charge is 0.279 e. The summed E-state index contributed by atoms with van der Waals surface area (Å²) in [6.07, 6.45) is 1.65. The van der Waals surface area contributed by atoms with Crippen LogP contribution in [-0.4, -0.2) is 23.4 Å². The maximum atomic E-state index is 12.7. The van der Waals surface area contributed by atoms with Gasteiger partial charge in [0, 0.05) is 26.2 Å². The van der Waals surface area contributed by atoms with E-state index in [1.54, 1.807) is 32.3 Å². The summed E-state index contributed by atoms with van der Waals surface area (Å²) in [7, 11) is 3.20. The van der Waals surface area contributed by atoms with Gasteiger partial charge in [0.05, 0.1) is 9.46 Å². The van der Waals surface area contributed by atoms with Crippen molar-refractivity contribution in [3.05, 3.63) is 65.3 Å². The van der Waals surface area contributed by atoms with E-state index in [0.29, 0.717) is 26.4 Å². The van der Waals surface area contributed by atoms with Crippen molar-refractivity contribution < 1.29 is 4.92 Å². The van der Waals surface area contributed by atoms with Gasteiger partial charge >= 0.3 is 5.69 Å². The number of fused-ring (bicyclic) bond motifs is 3. The second kappa shape index (κ2) is 5.11. The quantitative estimate of drug-likeness (QED) is 0.381. The average Bonchev–Trinajstić information content (AvgIpc) is 3.16. The van der Waals surface area contributed by atoms with E-state index in [4.69, 9.17) is 0 Å². The fourth-order valence-electron chi connectivity index (χ4n) is 2.75. The molecule has 0 atom stereocenters. The van der Waals surface area contributed by atoms with E-state index >= 15 is 0 Å². The van der Waals surface area contributed by atoms with Gasteiger partial charge in [0.15, 0.2) is 11.3 Å². The van der Waals surface area contributed by atoms with Crippen molar-refractivity contribution in [1.29, 1.82) is 0 Å². The van der Waals surface area contributed by atoms with E-state index < -0.39 is 4.92 Å². The molecule has 0 fully saturated rings. The topological polar surface area (TPSA) is 104 Å². The number of non-ortho nitro benzene ring substituents is 1. The molecule has 126 valence electrons. The molecule has 0 N–H and O–H groups in total. The molecule has 9 nitrogen and oxygen atoms in total. The predicted molar refractivity (Wildman–Crippen MR) is 92.9 cm³/mol. The van der Waals surface area contributed by atoms with Gasteiger partial charge in [-0.3, -0.25) is 24.0 Å². The molecule has 0 saturated carbocycles. The molecule has 4 rings (SSSR count). The Morgan fingerprint density at radius 2 is 1.84 bits per heavy atom. The van der Waals surface area contributed by atoms with E-state index in [0.717, 1.165) is 0 Å².